The molecular formula is C23H31IN6O. The van der Waals surface area contributed by atoms with Gasteiger partial charge in [0.1, 0.15) is 17.7 Å². The van der Waals surface area contributed by atoms with Crippen LogP contribution in [0.1, 0.15) is 38.8 Å². The van der Waals surface area contributed by atoms with Crippen molar-refractivity contribution in [2.45, 2.75) is 46.4 Å². The number of nitrogens with one attached hydrogen (secondary N) is 3. The summed E-state index contributed by atoms with van der Waals surface area (Å²) < 4.78 is 6.09. The topological polar surface area (TPSA) is 87.2 Å². The number of rotatable bonds is 7. The number of nitrogens with zero attached hydrogens (tertiary/aromatic N) is 3. The van der Waals surface area contributed by atoms with E-state index in [2.05, 4.69) is 71.7 Å². The molecule has 7 nitrogen and oxygen atoms in total. The number of aliphatic imine (C=N–C) groups is 1. The molecule has 0 bridgehead atoms. The molecule has 1 heterocycles. The molecule has 0 unspecified atom stereocenters. The van der Waals surface area contributed by atoms with Crippen LogP contribution in [-0.4, -0.2) is 33.3 Å². The largest absolute Gasteiger partial charge is 0.488 e. The Balaban J connectivity index is 0.00000341. The van der Waals surface area contributed by atoms with Crippen molar-refractivity contribution in [3.63, 3.8) is 0 Å². The van der Waals surface area contributed by atoms with Crippen LogP contribution in [0, 0.1) is 0 Å². The van der Waals surface area contributed by atoms with E-state index in [1.54, 1.807) is 0 Å². The minimum atomic E-state index is -0.247. The minimum absolute atomic E-state index is 0. The maximum Gasteiger partial charge on any atom is 0.191 e. The van der Waals surface area contributed by atoms with E-state index >= 15 is 0 Å². The second kappa shape index (κ2) is 11.7. The Morgan fingerprint density at radius 2 is 1.90 bits per heavy atom. The number of H-pyrrole nitrogens is 1. The van der Waals surface area contributed by atoms with E-state index in [-0.39, 0.29) is 29.6 Å². The van der Waals surface area contributed by atoms with Crippen LogP contribution in [0.4, 0.5) is 0 Å². The van der Waals surface area contributed by atoms with E-state index in [0.29, 0.717) is 13.1 Å². The zero-order valence-electron chi connectivity index (χ0n) is 18.5. The number of ether oxygens (including phenoxy) is 1. The van der Waals surface area contributed by atoms with E-state index in [4.69, 9.17) is 9.73 Å². The van der Waals surface area contributed by atoms with Gasteiger partial charge in [0.05, 0.1) is 6.54 Å². The lowest BCUT2D eigenvalue weighted by Gasteiger charge is -2.23. The van der Waals surface area contributed by atoms with Gasteiger partial charge in [0.2, 0.25) is 0 Å². The lowest BCUT2D eigenvalue weighted by atomic mass is 10.1. The smallest absolute Gasteiger partial charge is 0.191 e. The SMILES string of the molecule is CCNC(=NCc1cccc(-c2ncn[nH]2)c1)NCc1ccccc1OC(C)(C)C.I. The van der Waals surface area contributed by atoms with Crippen LogP contribution in [-0.2, 0) is 13.1 Å². The average molecular weight is 534 g/mol. The molecule has 0 aliphatic carbocycles. The predicted molar refractivity (Wildman–Crippen MR) is 136 cm³/mol. The van der Waals surface area contributed by atoms with Crippen molar-refractivity contribution in [2.24, 2.45) is 4.99 Å². The van der Waals surface area contributed by atoms with Crippen LogP contribution in [0.15, 0.2) is 59.9 Å². The third-order valence-electron chi connectivity index (χ3n) is 4.21. The summed E-state index contributed by atoms with van der Waals surface area (Å²) in [7, 11) is 0. The molecule has 0 fully saturated rings. The first kappa shape index (κ1) is 24.6. The molecule has 0 aliphatic heterocycles. The Bertz CT molecular complexity index is 966. The molecule has 3 aromatic rings. The first-order chi connectivity index (χ1) is 14.4. The van der Waals surface area contributed by atoms with Crippen molar-refractivity contribution >= 4 is 29.9 Å². The summed E-state index contributed by atoms with van der Waals surface area (Å²) >= 11 is 0. The first-order valence-corrected chi connectivity index (χ1v) is 10.2. The third kappa shape index (κ3) is 7.86. The number of para-hydroxylation sites is 1. The van der Waals surface area contributed by atoms with Gasteiger partial charge in [-0.25, -0.2) is 9.98 Å². The Labute approximate surface area is 201 Å². The van der Waals surface area contributed by atoms with E-state index in [0.717, 1.165) is 40.8 Å². The summed E-state index contributed by atoms with van der Waals surface area (Å²) in [6, 6.07) is 16.2. The van der Waals surface area contributed by atoms with Crippen molar-refractivity contribution in [3.05, 3.63) is 66.0 Å². The zero-order valence-corrected chi connectivity index (χ0v) is 20.8. The van der Waals surface area contributed by atoms with Crippen molar-refractivity contribution in [3.8, 4) is 17.1 Å². The molecule has 0 radical (unpaired) electrons. The second-order valence-electron chi connectivity index (χ2n) is 7.91. The number of benzene rings is 2. The van der Waals surface area contributed by atoms with Gasteiger partial charge in [-0.2, -0.15) is 5.10 Å². The van der Waals surface area contributed by atoms with Crippen LogP contribution in [0.3, 0.4) is 0 Å². The van der Waals surface area contributed by atoms with Gasteiger partial charge < -0.3 is 15.4 Å². The van der Waals surface area contributed by atoms with E-state index in [9.17, 15) is 0 Å². The van der Waals surface area contributed by atoms with Gasteiger partial charge in [-0.05, 0) is 45.4 Å². The van der Waals surface area contributed by atoms with Crippen LogP contribution in [0.25, 0.3) is 11.4 Å². The molecule has 0 saturated carbocycles. The summed E-state index contributed by atoms with van der Waals surface area (Å²) in [6.45, 7) is 10.2. The molecule has 0 amide bonds. The molecular weight excluding hydrogens is 503 g/mol. The maximum atomic E-state index is 6.09. The summed E-state index contributed by atoms with van der Waals surface area (Å²) in [5.41, 5.74) is 2.93. The first-order valence-electron chi connectivity index (χ1n) is 10.2. The Kier molecular flexibility index (Phi) is 9.29. The van der Waals surface area contributed by atoms with Gasteiger partial charge in [-0.3, -0.25) is 5.10 Å². The fourth-order valence-corrected chi connectivity index (χ4v) is 2.93. The van der Waals surface area contributed by atoms with Gasteiger partial charge in [-0.15, -0.1) is 24.0 Å². The highest BCUT2D eigenvalue weighted by Crippen LogP contribution is 2.23. The van der Waals surface area contributed by atoms with Crippen LogP contribution in [0.5, 0.6) is 5.75 Å². The summed E-state index contributed by atoms with van der Waals surface area (Å²) in [5.74, 6) is 2.39. The van der Waals surface area contributed by atoms with Crippen molar-refractivity contribution in [2.75, 3.05) is 6.54 Å². The number of hydrogen-bond acceptors (Lipinski definition) is 4. The van der Waals surface area contributed by atoms with Gasteiger partial charge in [0.25, 0.3) is 0 Å². The zero-order chi connectivity index (χ0) is 21.4. The van der Waals surface area contributed by atoms with E-state index < -0.39 is 0 Å². The van der Waals surface area contributed by atoms with Gasteiger partial charge >= 0.3 is 0 Å². The van der Waals surface area contributed by atoms with Gasteiger partial charge in [-0.1, -0.05) is 36.4 Å². The molecule has 0 saturated heterocycles. The molecule has 31 heavy (non-hydrogen) atoms. The standard InChI is InChI=1S/C23H30N6O.HI/c1-5-24-22(26-15-19-10-6-7-12-20(19)30-23(2,3)4)25-14-17-9-8-11-18(13-17)21-27-16-28-29-21;/h6-13,16H,5,14-15H2,1-4H3,(H2,24,25,26)(H,27,28,29);1H. The highest BCUT2D eigenvalue weighted by molar-refractivity contribution is 14.0. The summed E-state index contributed by atoms with van der Waals surface area (Å²) in [4.78, 5) is 8.94. The molecule has 166 valence electrons. The Hall–Kier alpha value is -2.62. The maximum absolute atomic E-state index is 6.09. The molecule has 3 N–H and O–H groups in total. The van der Waals surface area contributed by atoms with Crippen LogP contribution < -0.4 is 15.4 Å². The lowest BCUT2D eigenvalue weighted by Crippen LogP contribution is -2.37. The average Bonchev–Trinajstić information content (AvgIpc) is 3.25. The minimum Gasteiger partial charge on any atom is -0.488 e. The fraction of sp³-hybridized carbons (Fsp3) is 0.348. The quantitative estimate of drug-likeness (QED) is 0.236. The number of hydrogen-bond donors (Lipinski definition) is 3. The van der Waals surface area contributed by atoms with Crippen LogP contribution in [0.2, 0.25) is 0 Å². The fourth-order valence-electron chi connectivity index (χ4n) is 2.93. The van der Waals surface area contributed by atoms with Gasteiger partial charge in [0.15, 0.2) is 11.8 Å². The van der Waals surface area contributed by atoms with Crippen molar-refractivity contribution in [1.82, 2.24) is 25.8 Å². The van der Waals surface area contributed by atoms with Crippen LogP contribution >= 0.6 is 24.0 Å². The summed E-state index contributed by atoms with van der Waals surface area (Å²) in [5, 5.41) is 13.5. The molecule has 3 rings (SSSR count). The number of halogens is 1. The predicted octanol–water partition coefficient (Wildman–Crippen LogP) is 4.52. The Morgan fingerprint density at radius 3 is 2.61 bits per heavy atom. The number of aromatic amines is 1. The molecule has 8 heteroatoms. The highest BCUT2D eigenvalue weighted by Gasteiger charge is 2.14. The third-order valence-corrected chi connectivity index (χ3v) is 4.21. The van der Waals surface area contributed by atoms with Gasteiger partial charge in [0, 0.05) is 24.2 Å². The Morgan fingerprint density at radius 1 is 1.10 bits per heavy atom. The molecule has 0 aliphatic rings. The molecule has 0 spiro atoms. The van der Waals surface area contributed by atoms with E-state index in [1.165, 1.54) is 6.33 Å². The summed E-state index contributed by atoms with van der Waals surface area (Å²) in [6.07, 6.45) is 1.51. The van der Waals surface area contributed by atoms with Crippen molar-refractivity contribution in [1.29, 1.82) is 0 Å². The lowest BCUT2D eigenvalue weighted by molar-refractivity contribution is 0.129. The monoisotopic (exact) mass is 534 g/mol. The molecule has 1 aromatic heterocycles. The van der Waals surface area contributed by atoms with E-state index in [1.807, 2.05) is 30.3 Å². The number of aromatic nitrogens is 3. The number of guanidine groups is 1. The molecule has 2 aromatic carbocycles. The molecule has 0 atom stereocenters. The normalized spacial score (nSPS) is 11.5. The second-order valence-corrected chi connectivity index (χ2v) is 7.91. The highest BCUT2D eigenvalue weighted by atomic mass is 127. The van der Waals surface area contributed by atoms with Crippen molar-refractivity contribution < 1.29 is 4.74 Å².